The Bertz CT molecular complexity index is 1560. The molecule has 0 spiro atoms. The van der Waals surface area contributed by atoms with Crippen molar-refractivity contribution in [3.8, 4) is 0 Å². The first-order valence-corrected chi connectivity index (χ1v) is 13.5. The van der Waals surface area contributed by atoms with E-state index in [9.17, 15) is 13.2 Å². The van der Waals surface area contributed by atoms with Crippen molar-refractivity contribution in [3.05, 3.63) is 65.3 Å². The van der Waals surface area contributed by atoms with E-state index < -0.39 is 10.0 Å². The predicted molar refractivity (Wildman–Crippen MR) is 140 cm³/mol. The minimum atomic E-state index is -3.83. The lowest BCUT2D eigenvalue weighted by Crippen LogP contribution is -2.39. The fourth-order valence-electron chi connectivity index (χ4n) is 4.80. The minimum absolute atomic E-state index is 0.0831. The number of nitrogens with zero attached hydrogens (tertiary/aromatic N) is 6. The molecule has 4 heterocycles. The number of pyridine rings is 1. The number of imidazole rings is 1. The first-order chi connectivity index (χ1) is 17.6. The molecule has 0 bridgehead atoms. The molecule has 0 saturated carbocycles. The summed E-state index contributed by atoms with van der Waals surface area (Å²) in [5.41, 5.74) is 2.51. The maximum atomic E-state index is 13.4. The van der Waals surface area contributed by atoms with Gasteiger partial charge in [0.15, 0.2) is 0 Å². The van der Waals surface area contributed by atoms with E-state index in [2.05, 4.69) is 25.7 Å². The van der Waals surface area contributed by atoms with E-state index in [0.29, 0.717) is 17.4 Å². The molecule has 37 heavy (non-hydrogen) atoms. The molecule has 1 aliphatic rings. The summed E-state index contributed by atoms with van der Waals surface area (Å²) in [5.74, 6) is 0.851. The highest BCUT2D eigenvalue weighted by Crippen LogP contribution is 2.31. The summed E-state index contributed by atoms with van der Waals surface area (Å²) in [6.07, 6.45) is 3.00. The maximum Gasteiger partial charge on any atom is 0.244 e. The number of amides is 1. The van der Waals surface area contributed by atoms with Gasteiger partial charge < -0.3 is 15.2 Å². The van der Waals surface area contributed by atoms with Crippen LogP contribution in [0.2, 0.25) is 5.02 Å². The van der Waals surface area contributed by atoms with Crippen molar-refractivity contribution in [2.45, 2.75) is 30.3 Å². The number of nitrogens with one attached hydrogen (secondary N) is 2. The van der Waals surface area contributed by atoms with Gasteiger partial charge in [-0.2, -0.15) is 9.40 Å². The van der Waals surface area contributed by atoms with E-state index >= 15 is 0 Å². The molecule has 0 radical (unpaired) electrons. The smallest absolute Gasteiger partial charge is 0.244 e. The van der Waals surface area contributed by atoms with Crippen molar-refractivity contribution in [1.82, 2.24) is 33.9 Å². The van der Waals surface area contributed by atoms with E-state index in [1.807, 2.05) is 35.9 Å². The molecule has 2 N–H and O–H groups in total. The number of hydrogen-bond donors (Lipinski definition) is 2. The molecule has 3 aromatic heterocycles. The number of aryl methyl sites for hydroxylation is 2. The van der Waals surface area contributed by atoms with Crippen molar-refractivity contribution in [2.24, 2.45) is 14.1 Å². The lowest BCUT2D eigenvalue weighted by molar-refractivity contribution is -0.119. The van der Waals surface area contributed by atoms with E-state index in [4.69, 9.17) is 11.6 Å². The van der Waals surface area contributed by atoms with Gasteiger partial charge >= 0.3 is 0 Å². The van der Waals surface area contributed by atoms with E-state index in [1.54, 1.807) is 24.0 Å². The van der Waals surface area contributed by atoms with E-state index in [-0.39, 0.29) is 35.9 Å². The SMILES string of the molecule is CC(=O)N[C@@H]1CN(S(=O)(=O)c2ccc(NCc3nc4cccc(Cl)c4n3C)nc2)C[C@H]1c1ccnn1C. The number of carbonyl (C=O) groups excluding carboxylic acids is 1. The summed E-state index contributed by atoms with van der Waals surface area (Å²) >= 11 is 6.31. The van der Waals surface area contributed by atoms with Crippen LogP contribution in [0.1, 0.15) is 24.4 Å². The quantitative estimate of drug-likeness (QED) is 0.367. The van der Waals surface area contributed by atoms with Gasteiger partial charge in [-0.15, -0.1) is 0 Å². The van der Waals surface area contributed by atoms with Gasteiger partial charge in [-0.1, -0.05) is 17.7 Å². The molecule has 4 aromatic rings. The van der Waals surface area contributed by atoms with Gasteiger partial charge in [0, 0.05) is 58.1 Å². The summed E-state index contributed by atoms with van der Waals surface area (Å²) in [4.78, 5) is 20.8. The monoisotopic (exact) mass is 542 g/mol. The highest BCUT2D eigenvalue weighted by atomic mass is 35.5. The fraction of sp³-hybridized carbons (Fsp3) is 0.333. The van der Waals surface area contributed by atoms with Crippen LogP contribution in [-0.2, 0) is 35.5 Å². The average Bonchev–Trinajstić information content (AvgIpc) is 3.55. The molecule has 1 fully saturated rings. The Morgan fingerprint density at radius 1 is 1.16 bits per heavy atom. The molecule has 0 unspecified atom stereocenters. The van der Waals surface area contributed by atoms with Gasteiger partial charge in [0.25, 0.3) is 0 Å². The van der Waals surface area contributed by atoms with Gasteiger partial charge in [-0.05, 0) is 30.3 Å². The lowest BCUT2D eigenvalue weighted by atomic mass is 10.00. The summed E-state index contributed by atoms with van der Waals surface area (Å²) < 4.78 is 31.9. The number of sulfonamides is 1. The molecule has 0 aliphatic carbocycles. The molecular weight excluding hydrogens is 516 g/mol. The van der Waals surface area contributed by atoms with Crippen LogP contribution in [0.3, 0.4) is 0 Å². The number of hydrogen-bond acceptors (Lipinski definition) is 7. The van der Waals surface area contributed by atoms with Gasteiger partial charge in [0.05, 0.1) is 28.6 Å². The lowest BCUT2D eigenvalue weighted by Gasteiger charge is -2.18. The van der Waals surface area contributed by atoms with Crippen molar-refractivity contribution in [3.63, 3.8) is 0 Å². The number of benzene rings is 1. The first-order valence-electron chi connectivity index (χ1n) is 11.7. The Labute approximate surface area is 219 Å². The highest BCUT2D eigenvalue weighted by molar-refractivity contribution is 7.89. The molecule has 5 rings (SSSR count). The maximum absolute atomic E-state index is 13.4. The molecule has 1 saturated heterocycles. The zero-order valence-electron chi connectivity index (χ0n) is 20.6. The van der Waals surface area contributed by atoms with E-state index in [0.717, 1.165) is 22.6 Å². The van der Waals surface area contributed by atoms with Crippen LogP contribution >= 0.6 is 11.6 Å². The fourth-order valence-corrected chi connectivity index (χ4v) is 6.54. The second-order valence-corrected chi connectivity index (χ2v) is 11.4. The van der Waals surface area contributed by atoms with Gasteiger partial charge in [0.2, 0.25) is 15.9 Å². The van der Waals surface area contributed by atoms with Crippen LogP contribution in [0.5, 0.6) is 0 Å². The average molecular weight is 543 g/mol. The molecule has 194 valence electrons. The number of rotatable bonds is 7. The number of anilines is 1. The molecule has 11 nitrogen and oxygen atoms in total. The van der Waals surface area contributed by atoms with Crippen LogP contribution in [0.4, 0.5) is 5.82 Å². The minimum Gasteiger partial charge on any atom is -0.363 e. The Balaban J connectivity index is 1.31. The van der Waals surface area contributed by atoms with Crippen LogP contribution in [0.25, 0.3) is 11.0 Å². The van der Waals surface area contributed by atoms with Crippen molar-refractivity contribution >= 4 is 44.4 Å². The third-order valence-electron chi connectivity index (χ3n) is 6.65. The number of fused-ring (bicyclic) bond motifs is 1. The zero-order valence-corrected chi connectivity index (χ0v) is 22.2. The largest absolute Gasteiger partial charge is 0.363 e. The number of halogens is 1. The van der Waals surface area contributed by atoms with Gasteiger partial charge in [-0.3, -0.25) is 9.48 Å². The number of para-hydroxylation sites is 1. The molecule has 1 aliphatic heterocycles. The van der Waals surface area contributed by atoms with Crippen molar-refractivity contribution in [1.29, 1.82) is 0 Å². The third-order valence-corrected chi connectivity index (χ3v) is 8.77. The van der Waals surface area contributed by atoms with Gasteiger partial charge in [0.1, 0.15) is 16.5 Å². The number of carbonyl (C=O) groups is 1. The summed E-state index contributed by atoms with van der Waals surface area (Å²) in [6, 6.07) is 10.2. The van der Waals surface area contributed by atoms with Crippen LogP contribution in [0, 0.1) is 0 Å². The summed E-state index contributed by atoms with van der Waals surface area (Å²) in [7, 11) is -0.132. The predicted octanol–water partition coefficient (Wildman–Crippen LogP) is 2.26. The van der Waals surface area contributed by atoms with Gasteiger partial charge in [-0.25, -0.2) is 18.4 Å². The second kappa shape index (κ2) is 9.77. The van der Waals surface area contributed by atoms with Crippen LogP contribution in [0.15, 0.2) is 53.7 Å². The van der Waals surface area contributed by atoms with E-state index in [1.165, 1.54) is 23.5 Å². The normalized spacial score (nSPS) is 18.4. The van der Waals surface area contributed by atoms with Crippen LogP contribution < -0.4 is 10.6 Å². The topological polar surface area (TPSA) is 127 Å². The summed E-state index contributed by atoms with van der Waals surface area (Å²) in [5, 5.41) is 10.9. The molecule has 2 atom stereocenters. The first kappa shape index (κ1) is 25.2. The molecule has 1 aromatic carbocycles. The van der Waals surface area contributed by atoms with Crippen molar-refractivity contribution < 1.29 is 13.2 Å². The zero-order chi connectivity index (χ0) is 26.3. The molecule has 1 amide bonds. The standard InChI is InChI=1S/C24H27ClN8O3S/c1-15(34)29-20-14-33(13-17(20)21-9-10-28-32(21)3)37(35,36)16-7-8-22(26-11-16)27-12-23-30-19-6-4-5-18(25)24(19)31(23)2/h4-11,17,20H,12-14H2,1-3H3,(H,26,27)(H,29,34)/t17-,20-/m1/s1. The van der Waals surface area contributed by atoms with Crippen molar-refractivity contribution in [2.75, 3.05) is 18.4 Å². The Hall–Kier alpha value is -3.48. The third kappa shape index (κ3) is 4.79. The second-order valence-electron chi connectivity index (χ2n) is 9.04. The Kier molecular flexibility index (Phi) is 6.65. The Morgan fingerprint density at radius 2 is 1.97 bits per heavy atom. The Morgan fingerprint density at radius 3 is 2.62 bits per heavy atom. The molecule has 13 heteroatoms. The van der Waals surface area contributed by atoms with Crippen LogP contribution in [-0.4, -0.2) is 62.1 Å². The summed E-state index contributed by atoms with van der Waals surface area (Å²) in [6.45, 7) is 2.20. The number of aromatic nitrogens is 5. The molecular formula is C24H27ClN8O3S. The highest BCUT2D eigenvalue weighted by Gasteiger charge is 2.41.